The van der Waals surface area contributed by atoms with Crippen LogP contribution in [0.25, 0.3) is 0 Å². The van der Waals surface area contributed by atoms with Gasteiger partial charge in [0.25, 0.3) is 0 Å². The van der Waals surface area contributed by atoms with Gasteiger partial charge < -0.3 is 5.32 Å². The van der Waals surface area contributed by atoms with Gasteiger partial charge >= 0.3 is 0 Å². The monoisotopic (exact) mass is 227 g/mol. The van der Waals surface area contributed by atoms with Gasteiger partial charge in [0.15, 0.2) is 0 Å². The van der Waals surface area contributed by atoms with Crippen LogP contribution in [0.2, 0.25) is 0 Å². The number of thioether (sulfide) groups is 1. The summed E-state index contributed by atoms with van der Waals surface area (Å²) in [6, 6.07) is 7.10. The molecule has 0 spiro atoms. The maximum atomic E-state index is 12.7. The van der Waals surface area contributed by atoms with Crippen molar-refractivity contribution in [3.63, 3.8) is 0 Å². The first kappa shape index (κ1) is 12.5. The third-order valence-electron chi connectivity index (χ3n) is 2.38. The van der Waals surface area contributed by atoms with E-state index < -0.39 is 0 Å². The lowest BCUT2D eigenvalue weighted by Gasteiger charge is -2.17. The van der Waals surface area contributed by atoms with E-state index in [1.165, 1.54) is 17.7 Å². The smallest absolute Gasteiger partial charge is 0.123 e. The average molecular weight is 227 g/mol. The molecule has 0 radical (unpaired) electrons. The van der Waals surface area contributed by atoms with Crippen LogP contribution in [0.3, 0.4) is 0 Å². The number of halogens is 1. The van der Waals surface area contributed by atoms with Crippen molar-refractivity contribution in [3.05, 3.63) is 35.6 Å². The Morgan fingerprint density at radius 3 is 2.53 bits per heavy atom. The van der Waals surface area contributed by atoms with Crippen molar-refractivity contribution in [2.24, 2.45) is 0 Å². The Morgan fingerprint density at radius 1 is 1.33 bits per heavy atom. The fraction of sp³-hybridized carbons (Fsp3) is 0.500. The van der Waals surface area contributed by atoms with Crippen molar-refractivity contribution in [1.29, 1.82) is 0 Å². The van der Waals surface area contributed by atoms with Gasteiger partial charge in [-0.15, -0.1) is 0 Å². The maximum absolute atomic E-state index is 12.7. The molecule has 0 amide bonds. The van der Waals surface area contributed by atoms with Crippen LogP contribution in [-0.2, 0) is 0 Å². The van der Waals surface area contributed by atoms with Gasteiger partial charge in [-0.05, 0) is 30.4 Å². The van der Waals surface area contributed by atoms with Gasteiger partial charge in [-0.3, -0.25) is 0 Å². The Kier molecular flexibility index (Phi) is 5.73. The summed E-state index contributed by atoms with van der Waals surface area (Å²) in [5.41, 5.74) is 1.17. The molecule has 1 aromatic carbocycles. The quantitative estimate of drug-likeness (QED) is 0.749. The average Bonchev–Trinajstić information content (AvgIpc) is 2.26. The van der Waals surface area contributed by atoms with Gasteiger partial charge in [-0.25, -0.2) is 4.39 Å². The molecule has 0 bridgehead atoms. The molecule has 1 nitrogen and oxygen atoms in total. The van der Waals surface area contributed by atoms with Crippen molar-refractivity contribution < 1.29 is 4.39 Å². The molecule has 0 saturated heterocycles. The summed E-state index contributed by atoms with van der Waals surface area (Å²) < 4.78 is 12.7. The van der Waals surface area contributed by atoms with Crippen LogP contribution < -0.4 is 5.32 Å². The van der Waals surface area contributed by atoms with Crippen LogP contribution in [0.15, 0.2) is 24.3 Å². The Balaban J connectivity index is 2.53. The van der Waals surface area contributed by atoms with Crippen LogP contribution >= 0.6 is 11.8 Å². The Labute approximate surface area is 95.5 Å². The third kappa shape index (κ3) is 4.22. The Bertz CT molecular complexity index is 273. The second kappa shape index (κ2) is 6.85. The van der Waals surface area contributed by atoms with Gasteiger partial charge in [-0.2, -0.15) is 11.8 Å². The van der Waals surface area contributed by atoms with Crippen LogP contribution in [0.1, 0.15) is 24.9 Å². The van der Waals surface area contributed by atoms with E-state index >= 15 is 0 Å². The van der Waals surface area contributed by atoms with E-state index in [0.717, 1.165) is 18.7 Å². The topological polar surface area (TPSA) is 12.0 Å². The second-order valence-corrected chi connectivity index (χ2v) is 4.44. The predicted octanol–water partition coefficient (Wildman–Crippen LogP) is 3.23. The lowest BCUT2D eigenvalue weighted by atomic mass is 10.0. The summed E-state index contributed by atoms with van der Waals surface area (Å²) in [4.78, 5) is 0. The number of hydrogen-bond acceptors (Lipinski definition) is 2. The molecular formula is C12H18FNS. The highest BCUT2D eigenvalue weighted by Gasteiger charge is 2.07. The first-order valence-corrected chi connectivity index (χ1v) is 6.65. The normalized spacial score (nSPS) is 12.7. The molecule has 3 heteroatoms. The first-order chi connectivity index (χ1) is 7.27. The minimum Gasteiger partial charge on any atom is -0.309 e. The highest BCUT2D eigenvalue weighted by molar-refractivity contribution is 7.98. The lowest BCUT2D eigenvalue weighted by molar-refractivity contribution is 0.537. The summed E-state index contributed by atoms with van der Waals surface area (Å²) >= 11 is 1.83. The number of hydrogen-bond donors (Lipinski definition) is 1. The summed E-state index contributed by atoms with van der Waals surface area (Å²) in [6.45, 7) is 3.14. The van der Waals surface area contributed by atoms with E-state index in [1.54, 1.807) is 0 Å². The first-order valence-electron chi connectivity index (χ1n) is 5.25. The van der Waals surface area contributed by atoms with Crippen molar-refractivity contribution in [1.82, 2.24) is 5.32 Å². The molecule has 0 aliphatic carbocycles. The molecule has 0 saturated carbocycles. The van der Waals surface area contributed by atoms with Crippen molar-refractivity contribution >= 4 is 11.8 Å². The van der Waals surface area contributed by atoms with Crippen molar-refractivity contribution in [3.8, 4) is 0 Å². The van der Waals surface area contributed by atoms with Crippen molar-refractivity contribution in [2.45, 2.75) is 19.4 Å². The predicted molar refractivity (Wildman–Crippen MR) is 65.8 cm³/mol. The molecule has 1 N–H and O–H groups in total. The van der Waals surface area contributed by atoms with Crippen LogP contribution in [0.4, 0.5) is 4.39 Å². The number of rotatable bonds is 6. The molecule has 0 fully saturated rings. The summed E-state index contributed by atoms with van der Waals surface area (Å²) in [5.74, 6) is 0.940. The molecule has 1 rings (SSSR count). The fourth-order valence-electron chi connectivity index (χ4n) is 1.53. The molecule has 1 unspecified atom stereocenters. The molecule has 0 heterocycles. The second-order valence-electron chi connectivity index (χ2n) is 3.46. The standard InChI is InChI=1S/C12H18FNS/c1-3-12(14-8-9-15-2)10-4-6-11(13)7-5-10/h4-7,12,14H,3,8-9H2,1-2H3. The van der Waals surface area contributed by atoms with Crippen LogP contribution in [0, 0.1) is 5.82 Å². The Hall–Kier alpha value is -0.540. The molecular weight excluding hydrogens is 209 g/mol. The highest BCUT2D eigenvalue weighted by atomic mass is 32.2. The van der Waals surface area contributed by atoms with E-state index in [9.17, 15) is 4.39 Å². The van der Waals surface area contributed by atoms with Crippen LogP contribution in [0.5, 0.6) is 0 Å². The number of benzene rings is 1. The van der Waals surface area contributed by atoms with Gasteiger partial charge in [0, 0.05) is 18.3 Å². The summed E-state index contributed by atoms with van der Waals surface area (Å²) in [7, 11) is 0. The Morgan fingerprint density at radius 2 is 2.00 bits per heavy atom. The number of nitrogens with one attached hydrogen (secondary N) is 1. The third-order valence-corrected chi connectivity index (χ3v) is 2.99. The van der Waals surface area contributed by atoms with Gasteiger partial charge in [0.1, 0.15) is 5.82 Å². The molecule has 0 aromatic heterocycles. The zero-order valence-corrected chi connectivity index (χ0v) is 10.1. The zero-order chi connectivity index (χ0) is 11.1. The zero-order valence-electron chi connectivity index (χ0n) is 9.29. The molecule has 1 aromatic rings. The van der Waals surface area contributed by atoms with Crippen LogP contribution in [-0.4, -0.2) is 18.6 Å². The summed E-state index contributed by atoms with van der Waals surface area (Å²) in [6.07, 6.45) is 3.13. The summed E-state index contributed by atoms with van der Waals surface area (Å²) in [5, 5.41) is 3.46. The largest absolute Gasteiger partial charge is 0.309 e. The maximum Gasteiger partial charge on any atom is 0.123 e. The van der Waals surface area contributed by atoms with Gasteiger partial charge in [0.05, 0.1) is 0 Å². The van der Waals surface area contributed by atoms with Gasteiger partial charge in [0.2, 0.25) is 0 Å². The highest BCUT2D eigenvalue weighted by Crippen LogP contribution is 2.16. The minimum atomic E-state index is -0.169. The molecule has 1 atom stereocenters. The molecule has 0 aliphatic heterocycles. The molecule has 84 valence electrons. The van der Waals surface area contributed by atoms with E-state index in [1.807, 2.05) is 23.9 Å². The SMILES string of the molecule is CCC(NCCSC)c1ccc(F)cc1. The van der Waals surface area contributed by atoms with Gasteiger partial charge in [-0.1, -0.05) is 19.1 Å². The van der Waals surface area contributed by atoms with E-state index in [4.69, 9.17) is 0 Å². The van der Waals surface area contributed by atoms with E-state index in [-0.39, 0.29) is 5.82 Å². The lowest BCUT2D eigenvalue weighted by Crippen LogP contribution is -2.23. The minimum absolute atomic E-state index is 0.169. The molecule has 15 heavy (non-hydrogen) atoms. The fourth-order valence-corrected chi connectivity index (χ4v) is 1.85. The van der Waals surface area contributed by atoms with E-state index in [2.05, 4.69) is 18.5 Å². The molecule has 0 aliphatic rings. The van der Waals surface area contributed by atoms with Crippen molar-refractivity contribution in [2.75, 3.05) is 18.6 Å². The van der Waals surface area contributed by atoms with E-state index in [0.29, 0.717) is 6.04 Å².